The zero-order chi connectivity index (χ0) is 15.1. The molecule has 0 aromatic carbocycles. The molecule has 2 N–H and O–H groups in total. The Morgan fingerprint density at radius 3 is 2.55 bits per heavy atom. The first kappa shape index (κ1) is 15.6. The van der Waals surface area contributed by atoms with Crippen molar-refractivity contribution in [1.82, 2.24) is 19.4 Å². The Bertz CT molecular complexity index is 611. The van der Waals surface area contributed by atoms with Crippen molar-refractivity contribution in [3.8, 4) is 0 Å². The van der Waals surface area contributed by atoms with Crippen molar-refractivity contribution in [3.63, 3.8) is 0 Å². The smallest absolute Gasteiger partial charge is 0.0857 e. The van der Waals surface area contributed by atoms with Crippen LogP contribution in [-0.4, -0.2) is 19.4 Å². The summed E-state index contributed by atoms with van der Waals surface area (Å²) >= 11 is 4.98. The summed E-state index contributed by atoms with van der Waals surface area (Å²) in [6.07, 6.45) is 0.713. The molecule has 20 heavy (non-hydrogen) atoms. The van der Waals surface area contributed by atoms with Crippen LogP contribution in [0.5, 0.6) is 0 Å². The molecule has 0 saturated carbocycles. The SMILES string of the molecule is Cc1nn(C)c(CC(N)c2snnc2C(C)(C)C)c1Br. The van der Waals surface area contributed by atoms with Crippen LogP contribution in [0.2, 0.25) is 0 Å². The number of nitrogens with two attached hydrogens (primary N) is 1. The van der Waals surface area contributed by atoms with E-state index in [1.165, 1.54) is 11.5 Å². The van der Waals surface area contributed by atoms with Gasteiger partial charge in [-0.2, -0.15) is 5.10 Å². The van der Waals surface area contributed by atoms with Crippen molar-refractivity contribution in [1.29, 1.82) is 0 Å². The van der Waals surface area contributed by atoms with Crippen molar-refractivity contribution in [2.75, 3.05) is 0 Å². The molecule has 2 aromatic heterocycles. The third kappa shape index (κ3) is 2.94. The predicted octanol–water partition coefficient (Wildman–Crippen LogP) is 2.88. The molecule has 2 heterocycles. The van der Waals surface area contributed by atoms with Gasteiger partial charge < -0.3 is 5.73 Å². The molecule has 1 atom stereocenters. The van der Waals surface area contributed by atoms with Crippen LogP contribution < -0.4 is 5.73 Å². The molecular weight excluding hydrogens is 338 g/mol. The molecule has 7 heteroatoms. The third-order valence-corrected chi connectivity index (χ3v) is 5.12. The van der Waals surface area contributed by atoms with Gasteiger partial charge in [0.2, 0.25) is 0 Å². The Kier molecular flexibility index (Phi) is 4.32. The highest BCUT2D eigenvalue weighted by Gasteiger charge is 2.26. The molecule has 0 radical (unpaired) electrons. The molecular formula is C13H20BrN5S. The fraction of sp³-hybridized carbons (Fsp3) is 0.615. The topological polar surface area (TPSA) is 69.6 Å². The van der Waals surface area contributed by atoms with Crippen LogP contribution in [0, 0.1) is 6.92 Å². The first-order valence-corrected chi connectivity index (χ1v) is 8.04. The largest absolute Gasteiger partial charge is 0.323 e. The highest BCUT2D eigenvalue weighted by molar-refractivity contribution is 9.10. The minimum atomic E-state index is -0.115. The van der Waals surface area contributed by atoms with Crippen molar-refractivity contribution in [2.45, 2.75) is 45.6 Å². The van der Waals surface area contributed by atoms with Gasteiger partial charge in [0.15, 0.2) is 0 Å². The van der Waals surface area contributed by atoms with Crippen LogP contribution in [0.4, 0.5) is 0 Å². The monoisotopic (exact) mass is 357 g/mol. The molecule has 2 rings (SSSR count). The average molecular weight is 358 g/mol. The van der Waals surface area contributed by atoms with E-state index >= 15 is 0 Å². The second-order valence-corrected chi connectivity index (χ2v) is 7.59. The molecule has 0 aliphatic carbocycles. The van der Waals surface area contributed by atoms with E-state index in [-0.39, 0.29) is 11.5 Å². The van der Waals surface area contributed by atoms with Gasteiger partial charge in [0.05, 0.1) is 26.4 Å². The van der Waals surface area contributed by atoms with Crippen LogP contribution in [0.25, 0.3) is 0 Å². The molecule has 0 aliphatic rings. The van der Waals surface area contributed by atoms with E-state index in [1.807, 2.05) is 18.7 Å². The number of rotatable bonds is 3. The lowest BCUT2D eigenvalue weighted by molar-refractivity contribution is 0.547. The van der Waals surface area contributed by atoms with Crippen molar-refractivity contribution >= 4 is 27.5 Å². The minimum absolute atomic E-state index is 0.0421. The van der Waals surface area contributed by atoms with Gasteiger partial charge in [-0.3, -0.25) is 4.68 Å². The van der Waals surface area contributed by atoms with Crippen LogP contribution in [-0.2, 0) is 18.9 Å². The molecule has 0 amide bonds. The van der Waals surface area contributed by atoms with E-state index in [1.54, 1.807) is 0 Å². The van der Waals surface area contributed by atoms with Gasteiger partial charge in [0, 0.05) is 24.9 Å². The number of aromatic nitrogens is 4. The number of nitrogens with zero attached hydrogens (tertiary/aromatic N) is 4. The van der Waals surface area contributed by atoms with Gasteiger partial charge in [-0.25, -0.2) is 0 Å². The summed E-state index contributed by atoms with van der Waals surface area (Å²) in [5.41, 5.74) is 9.41. The number of aryl methyl sites for hydroxylation is 2. The number of hydrogen-bond donors (Lipinski definition) is 1. The molecule has 2 aromatic rings. The summed E-state index contributed by atoms with van der Waals surface area (Å²) in [7, 11) is 1.94. The second-order valence-electron chi connectivity index (χ2n) is 6.02. The van der Waals surface area contributed by atoms with Gasteiger partial charge in [-0.15, -0.1) is 5.10 Å². The number of halogens is 1. The van der Waals surface area contributed by atoms with E-state index in [4.69, 9.17) is 5.73 Å². The van der Waals surface area contributed by atoms with Crippen LogP contribution >= 0.6 is 27.5 Å². The Hall–Kier alpha value is -0.790. The maximum absolute atomic E-state index is 6.38. The average Bonchev–Trinajstić information content (AvgIpc) is 2.90. The molecule has 0 fully saturated rings. The Labute approximate surface area is 131 Å². The second kappa shape index (κ2) is 5.54. The van der Waals surface area contributed by atoms with Crippen molar-refractivity contribution in [2.24, 2.45) is 12.8 Å². The maximum Gasteiger partial charge on any atom is 0.0857 e. The summed E-state index contributed by atoms with van der Waals surface area (Å²) in [5, 5.41) is 8.66. The number of hydrogen-bond acceptors (Lipinski definition) is 5. The van der Waals surface area contributed by atoms with E-state index in [9.17, 15) is 0 Å². The zero-order valence-electron chi connectivity index (χ0n) is 12.4. The van der Waals surface area contributed by atoms with Crippen LogP contribution in [0.3, 0.4) is 0 Å². The Morgan fingerprint density at radius 2 is 2.05 bits per heavy atom. The van der Waals surface area contributed by atoms with Crippen molar-refractivity contribution in [3.05, 3.63) is 26.4 Å². The first-order chi connectivity index (χ1) is 9.21. The fourth-order valence-corrected chi connectivity index (χ4v) is 3.52. The van der Waals surface area contributed by atoms with Gasteiger partial charge in [-0.1, -0.05) is 25.3 Å². The van der Waals surface area contributed by atoms with Gasteiger partial charge >= 0.3 is 0 Å². The van der Waals surface area contributed by atoms with E-state index in [0.29, 0.717) is 6.42 Å². The summed E-state index contributed by atoms with van der Waals surface area (Å²) in [6.45, 7) is 8.37. The molecule has 0 spiro atoms. The maximum atomic E-state index is 6.38. The van der Waals surface area contributed by atoms with E-state index in [2.05, 4.69) is 51.4 Å². The predicted molar refractivity (Wildman–Crippen MR) is 84.9 cm³/mol. The lowest BCUT2D eigenvalue weighted by atomic mass is 9.89. The summed E-state index contributed by atoms with van der Waals surface area (Å²) in [5.74, 6) is 0. The summed E-state index contributed by atoms with van der Waals surface area (Å²) < 4.78 is 6.99. The standard InChI is InChI=1S/C13H20BrN5S/c1-7-10(14)9(19(5)17-7)6-8(15)11-12(13(2,3)4)16-18-20-11/h8H,6,15H2,1-5H3. The van der Waals surface area contributed by atoms with E-state index < -0.39 is 0 Å². The molecule has 5 nitrogen and oxygen atoms in total. The Balaban J connectivity index is 2.29. The van der Waals surface area contributed by atoms with Crippen molar-refractivity contribution < 1.29 is 0 Å². The Morgan fingerprint density at radius 1 is 1.40 bits per heavy atom. The molecule has 0 saturated heterocycles. The lowest BCUT2D eigenvalue weighted by Crippen LogP contribution is -2.21. The zero-order valence-corrected chi connectivity index (χ0v) is 14.8. The lowest BCUT2D eigenvalue weighted by Gasteiger charge is -2.19. The van der Waals surface area contributed by atoms with Crippen LogP contribution in [0.15, 0.2) is 4.47 Å². The van der Waals surface area contributed by atoms with E-state index in [0.717, 1.165) is 26.4 Å². The van der Waals surface area contributed by atoms with Gasteiger partial charge in [0.25, 0.3) is 0 Å². The van der Waals surface area contributed by atoms with Gasteiger partial charge in [-0.05, 0) is 34.4 Å². The van der Waals surface area contributed by atoms with Crippen LogP contribution in [0.1, 0.15) is 48.8 Å². The quantitative estimate of drug-likeness (QED) is 0.916. The molecule has 0 aliphatic heterocycles. The molecule has 1 unspecified atom stereocenters. The normalized spacial score (nSPS) is 13.8. The minimum Gasteiger partial charge on any atom is -0.323 e. The third-order valence-electron chi connectivity index (χ3n) is 3.24. The fourth-order valence-electron chi connectivity index (χ4n) is 2.16. The van der Waals surface area contributed by atoms with Gasteiger partial charge in [0.1, 0.15) is 0 Å². The highest BCUT2D eigenvalue weighted by atomic mass is 79.9. The first-order valence-electron chi connectivity index (χ1n) is 6.48. The summed E-state index contributed by atoms with van der Waals surface area (Å²) in [4.78, 5) is 1.06. The molecule has 0 bridgehead atoms. The highest BCUT2D eigenvalue weighted by Crippen LogP contribution is 2.32. The molecule has 110 valence electrons. The summed E-state index contributed by atoms with van der Waals surface area (Å²) in [6, 6.07) is -0.115.